The highest BCUT2D eigenvalue weighted by atomic mass is 19.1. The minimum absolute atomic E-state index is 0.103. The number of hydrogen-bond acceptors (Lipinski definition) is 4. The standard InChI is InChI=1S/C24H28FN3O4/c1-15(2)21(14-29)28-22(30)16(3)26-24(32)20(13-18-11-7-8-12-19(18)25)27-23(31)17-9-5-4-6-10-17/h4-12,14-16,20-21H,13H2,1-3H3,(H,26,32)(H,27,31)(H,28,30)/t16-,20+,21+/m0/s1. The number of amides is 3. The van der Waals surface area contributed by atoms with Gasteiger partial charge in [-0.3, -0.25) is 14.4 Å². The van der Waals surface area contributed by atoms with E-state index < -0.39 is 41.7 Å². The Labute approximate surface area is 186 Å². The summed E-state index contributed by atoms with van der Waals surface area (Å²) in [7, 11) is 0. The van der Waals surface area contributed by atoms with Crippen LogP contribution in [0.3, 0.4) is 0 Å². The molecule has 0 fully saturated rings. The molecule has 0 saturated heterocycles. The van der Waals surface area contributed by atoms with E-state index in [1.807, 2.05) is 0 Å². The first-order valence-corrected chi connectivity index (χ1v) is 10.4. The summed E-state index contributed by atoms with van der Waals surface area (Å²) < 4.78 is 14.2. The fraction of sp³-hybridized carbons (Fsp3) is 0.333. The van der Waals surface area contributed by atoms with Gasteiger partial charge in [0, 0.05) is 12.0 Å². The maximum atomic E-state index is 14.2. The van der Waals surface area contributed by atoms with Gasteiger partial charge < -0.3 is 20.7 Å². The second kappa shape index (κ2) is 11.7. The van der Waals surface area contributed by atoms with Gasteiger partial charge in [0.25, 0.3) is 5.91 Å². The van der Waals surface area contributed by atoms with Crippen molar-refractivity contribution < 1.29 is 23.6 Å². The maximum Gasteiger partial charge on any atom is 0.251 e. The number of carbonyl (C=O) groups is 4. The highest BCUT2D eigenvalue weighted by molar-refractivity contribution is 5.98. The van der Waals surface area contributed by atoms with E-state index in [0.717, 1.165) is 0 Å². The number of benzene rings is 2. The van der Waals surface area contributed by atoms with E-state index in [2.05, 4.69) is 16.0 Å². The Bertz CT molecular complexity index is 949. The van der Waals surface area contributed by atoms with Gasteiger partial charge in [0.15, 0.2) is 0 Å². The van der Waals surface area contributed by atoms with Crippen molar-refractivity contribution in [3.05, 3.63) is 71.5 Å². The van der Waals surface area contributed by atoms with Gasteiger partial charge in [0.2, 0.25) is 11.8 Å². The Morgan fingerprint density at radius 3 is 2.09 bits per heavy atom. The van der Waals surface area contributed by atoms with Crippen LogP contribution < -0.4 is 16.0 Å². The van der Waals surface area contributed by atoms with Crippen LogP contribution in [0.5, 0.6) is 0 Å². The fourth-order valence-electron chi connectivity index (χ4n) is 2.95. The van der Waals surface area contributed by atoms with Crippen molar-refractivity contribution in [2.45, 2.75) is 45.3 Å². The molecule has 7 nitrogen and oxygen atoms in total. The van der Waals surface area contributed by atoms with Gasteiger partial charge in [-0.1, -0.05) is 50.2 Å². The molecule has 8 heteroatoms. The first kappa shape index (κ1) is 24.7. The number of rotatable bonds is 10. The molecule has 3 amide bonds. The van der Waals surface area contributed by atoms with Gasteiger partial charge in [0.1, 0.15) is 24.2 Å². The molecule has 0 aliphatic heterocycles. The van der Waals surface area contributed by atoms with Crippen molar-refractivity contribution in [1.82, 2.24) is 16.0 Å². The van der Waals surface area contributed by atoms with Gasteiger partial charge in [-0.25, -0.2) is 4.39 Å². The monoisotopic (exact) mass is 441 g/mol. The van der Waals surface area contributed by atoms with Gasteiger partial charge >= 0.3 is 0 Å². The van der Waals surface area contributed by atoms with Crippen LogP contribution in [-0.2, 0) is 20.8 Å². The Hall–Kier alpha value is -3.55. The third kappa shape index (κ3) is 7.01. The van der Waals surface area contributed by atoms with Crippen LogP contribution in [0.1, 0.15) is 36.7 Å². The van der Waals surface area contributed by atoms with Gasteiger partial charge in [-0.05, 0) is 36.6 Å². The average molecular weight is 442 g/mol. The van der Waals surface area contributed by atoms with E-state index in [4.69, 9.17) is 0 Å². The molecular formula is C24H28FN3O4. The van der Waals surface area contributed by atoms with Crippen molar-refractivity contribution in [2.24, 2.45) is 5.92 Å². The van der Waals surface area contributed by atoms with Gasteiger partial charge in [-0.2, -0.15) is 0 Å². The van der Waals surface area contributed by atoms with Crippen molar-refractivity contribution in [3.8, 4) is 0 Å². The lowest BCUT2D eigenvalue weighted by Crippen LogP contribution is -2.55. The van der Waals surface area contributed by atoms with Crippen molar-refractivity contribution in [2.75, 3.05) is 0 Å². The summed E-state index contributed by atoms with van der Waals surface area (Å²) in [4.78, 5) is 49.1. The quantitative estimate of drug-likeness (QED) is 0.491. The van der Waals surface area contributed by atoms with Crippen molar-refractivity contribution in [1.29, 1.82) is 0 Å². The smallest absolute Gasteiger partial charge is 0.251 e. The van der Waals surface area contributed by atoms with Crippen LogP contribution in [0, 0.1) is 11.7 Å². The zero-order valence-electron chi connectivity index (χ0n) is 18.3. The number of carbonyl (C=O) groups excluding carboxylic acids is 4. The SMILES string of the molecule is CC(C)[C@@H](C=O)NC(=O)[C@H](C)NC(=O)[C@@H](Cc1ccccc1F)NC(=O)c1ccccc1. The third-order valence-corrected chi connectivity index (χ3v) is 4.97. The minimum Gasteiger partial charge on any atom is -0.345 e. The maximum absolute atomic E-state index is 14.2. The molecule has 170 valence electrons. The summed E-state index contributed by atoms with van der Waals surface area (Å²) in [6.07, 6.45) is 0.534. The zero-order valence-corrected chi connectivity index (χ0v) is 18.3. The van der Waals surface area contributed by atoms with E-state index >= 15 is 0 Å². The largest absolute Gasteiger partial charge is 0.345 e. The highest BCUT2D eigenvalue weighted by Gasteiger charge is 2.27. The molecule has 0 bridgehead atoms. The molecule has 0 aliphatic carbocycles. The number of aldehydes is 1. The molecule has 2 aromatic carbocycles. The van der Waals surface area contributed by atoms with Gasteiger partial charge in [-0.15, -0.1) is 0 Å². The van der Waals surface area contributed by atoms with Crippen LogP contribution in [0.4, 0.5) is 4.39 Å². The number of hydrogen-bond donors (Lipinski definition) is 3. The number of halogens is 1. The predicted octanol–water partition coefficient (Wildman–Crippen LogP) is 2.01. The molecular weight excluding hydrogens is 413 g/mol. The van der Waals surface area contributed by atoms with Gasteiger partial charge in [0.05, 0.1) is 6.04 Å². The Morgan fingerprint density at radius 1 is 0.875 bits per heavy atom. The second-order valence-corrected chi connectivity index (χ2v) is 7.83. The second-order valence-electron chi connectivity index (χ2n) is 7.83. The minimum atomic E-state index is -1.12. The molecule has 0 radical (unpaired) electrons. The third-order valence-electron chi connectivity index (χ3n) is 4.97. The van der Waals surface area contributed by atoms with Crippen LogP contribution in [0.2, 0.25) is 0 Å². The molecule has 0 unspecified atom stereocenters. The highest BCUT2D eigenvalue weighted by Crippen LogP contribution is 2.11. The molecule has 0 aromatic heterocycles. The normalized spacial score (nSPS) is 13.5. The first-order chi connectivity index (χ1) is 15.2. The van der Waals surface area contributed by atoms with Crippen molar-refractivity contribution in [3.63, 3.8) is 0 Å². The summed E-state index contributed by atoms with van der Waals surface area (Å²) in [5.41, 5.74) is 0.592. The van der Waals surface area contributed by atoms with Crippen LogP contribution in [-0.4, -0.2) is 42.1 Å². The van der Waals surface area contributed by atoms with E-state index in [1.54, 1.807) is 50.2 Å². The lowest BCUT2D eigenvalue weighted by molar-refractivity contribution is -0.130. The van der Waals surface area contributed by atoms with Crippen molar-refractivity contribution >= 4 is 24.0 Å². The Balaban J connectivity index is 2.15. The molecule has 0 saturated carbocycles. The summed E-state index contributed by atoms with van der Waals surface area (Å²) in [6, 6.07) is 11.5. The van der Waals surface area contributed by atoms with Crippen LogP contribution in [0.25, 0.3) is 0 Å². The molecule has 3 N–H and O–H groups in total. The van der Waals surface area contributed by atoms with E-state index in [-0.39, 0.29) is 17.9 Å². The van der Waals surface area contributed by atoms with Crippen LogP contribution >= 0.6 is 0 Å². The molecule has 2 aromatic rings. The Morgan fingerprint density at radius 2 is 1.50 bits per heavy atom. The summed E-state index contributed by atoms with van der Waals surface area (Å²) in [5.74, 6) is -2.30. The first-order valence-electron chi connectivity index (χ1n) is 10.4. The molecule has 0 spiro atoms. The van der Waals surface area contributed by atoms with E-state index in [0.29, 0.717) is 11.8 Å². The topological polar surface area (TPSA) is 104 Å². The molecule has 3 atom stereocenters. The summed E-state index contributed by atoms with van der Waals surface area (Å²) in [6.45, 7) is 5.03. The lowest BCUT2D eigenvalue weighted by Gasteiger charge is -2.23. The van der Waals surface area contributed by atoms with E-state index in [9.17, 15) is 23.6 Å². The molecule has 2 rings (SSSR count). The zero-order chi connectivity index (χ0) is 23.7. The predicted molar refractivity (Wildman–Crippen MR) is 118 cm³/mol. The Kier molecular flexibility index (Phi) is 9.07. The fourth-order valence-corrected chi connectivity index (χ4v) is 2.95. The molecule has 0 aliphatic rings. The lowest BCUT2D eigenvalue weighted by atomic mass is 10.0. The molecule has 0 heterocycles. The average Bonchev–Trinajstić information content (AvgIpc) is 2.78. The number of nitrogens with one attached hydrogen (secondary N) is 3. The van der Waals surface area contributed by atoms with Crippen LogP contribution in [0.15, 0.2) is 54.6 Å². The summed E-state index contributed by atoms with van der Waals surface area (Å²) >= 11 is 0. The molecule has 32 heavy (non-hydrogen) atoms. The summed E-state index contributed by atoms with van der Waals surface area (Å²) in [5, 5.41) is 7.72. The van der Waals surface area contributed by atoms with E-state index in [1.165, 1.54) is 25.1 Å².